The molecule has 0 radical (unpaired) electrons. The fraction of sp³-hybridized carbons (Fsp3) is 0.727. The molecule has 3 nitrogen and oxygen atoms in total. The van der Waals surface area contributed by atoms with Gasteiger partial charge < -0.3 is 11.1 Å². The van der Waals surface area contributed by atoms with Crippen LogP contribution < -0.4 is 11.1 Å². The fourth-order valence-electron chi connectivity index (χ4n) is 1.12. The van der Waals surface area contributed by atoms with E-state index in [1.165, 1.54) is 0 Å². The Kier molecular flexibility index (Phi) is 9.35. The van der Waals surface area contributed by atoms with E-state index in [9.17, 15) is 4.79 Å². The minimum absolute atomic E-state index is 0.0572. The van der Waals surface area contributed by atoms with Gasteiger partial charge in [-0.15, -0.1) is 12.3 Å². The molecule has 0 rings (SSSR count). The minimum atomic E-state index is 0.0572. The van der Waals surface area contributed by atoms with E-state index < -0.39 is 0 Å². The molecule has 0 heterocycles. The average Bonchev–Trinajstić information content (AvgIpc) is 2.20. The number of nitrogens with one attached hydrogen (secondary N) is 1. The minimum Gasteiger partial charge on any atom is -0.356 e. The molecule has 80 valence electrons. The van der Waals surface area contributed by atoms with Crippen molar-refractivity contribution in [2.75, 3.05) is 13.1 Å². The van der Waals surface area contributed by atoms with Crippen LogP contribution in [0, 0.1) is 12.3 Å². The third-order valence-electron chi connectivity index (χ3n) is 1.95. The molecule has 0 atom stereocenters. The summed E-state index contributed by atoms with van der Waals surface area (Å²) in [5.41, 5.74) is 5.36. The van der Waals surface area contributed by atoms with E-state index in [0.29, 0.717) is 12.8 Å². The van der Waals surface area contributed by atoms with Gasteiger partial charge in [-0.25, -0.2) is 0 Å². The van der Waals surface area contributed by atoms with Crippen LogP contribution in [0.5, 0.6) is 0 Å². The Hall–Kier alpha value is -1.01. The Balaban J connectivity index is 3.11. The van der Waals surface area contributed by atoms with E-state index >= 15 is 0 Å². The number of unbranched alkanes of at least 4 members (excludes halogenated alkanes) is 3. The maximum atomic E-state index is 11.1. The number of hydrogen-bond donors (Lipinski definition) is 2. The van der Waals surface area contributed by atoms with Gasteiger partial charge in [0.15, 0.2) is 0 Å². The van der Waals surface area contributed by atoms with Gasteiger partial charge in [0.05, 0.1) is 0 Å². The number of carbonyl (C=O) groups excluding carboxylic acids is 1. The van der Waals surface area contributed by atoms with Gasteiger partial charge in [-0.2, -0.15) is 0 Å². The monoisotopic (exact) mass is 196 g/mol. The molecule has 0 aliphatic rings. The molecular weight excluding hydrogens is 176 g/mol. The Morgan fingerprint density at radius 3 is 2.64 bits per heavy atom. The van der Waals surface area contributed by atoms with Gasteiger partial charge in [0.2, 0.25) is 5.91 Å². The second-order valence-corrected chi connectivity index (χ2v) is 3.26. The van der Waals surface area contributed by atoms with Gasteiger partial charge in [0, 0.05) is 19.4 Å². The number of carbonyl (C=O) groups is 1. The van der Waals surface area contributed by atoms with E-state index in [2.05, 4.69) is 11.2 Å². The summed E-state index contributed by atoms with van der Waals surface area (Å²) in [6.45, 7) is 1.52. The van der Waals surface area contributed by atoms with E-state index in [4.69, 9.17) is 12.2 Å². The maximum absolute atomic E-state index is 11.1. The molecule has 0 aliphatic carbocycles. The molecule has 0 fully saturated rings. The summed E-state index contributed by atoms with van der Waals surface area (Å²) in [6, 6.07) is 0. The summed E-state index contributed by atoms with van der Waals surface area (Å²) in [5.74, 6) is 2.50. The number of nitrogens with two attached hydrogens (primary N) is 1. The molecule has 0 spiro atoms. The predicted octanol–water partition coefficient (Wildman–Crippen LogP) is 1.04. The number of amides is 1. The van der Waals surface area contributed by atoms with Crippen molar-refractivity contribution in [2.45, 2.75) is 38.5 Å². The summed E-state index contributed by atoms with van der Waals surface area (Å²) in [6.07, 6.45) is 10.4. The SMILES string of the molecule is C#CCCC(=O)NCCCCCCN. The number of hydrogen-bond acceptors (Lipinski definition) is 2. The summed E-state index contributed by atoms with van der Waals surface area (Å²) in [5, 5.41) is 2.83. The van der Waals surface area contributed by atoms with E-state index in [0.717, 1.165) is 38.8 Å². The maximum Gasteiger partial charge on any atom is 0.220 e. The van der Waals surface area contributed by atoms with Crippen LogP contribution in [-0.4, -0.2) is 19.0 Å². The highest BCUT2D eigenvalue weighted by molar-refractivity contribution is 5.76. The first-order valence-corrected chi connectivity index (χ1v) is 5.21. The molecule has 0 saturated carbocycles. The zero-order chi connectivity index (χ0) is 10.6. The quantitative estimate of drug-likeness (QED) is 0.450. The van der Waals surface area contributed by atoms with Crippen LogP contribution in [0.4, 0.5) is 0 Å². The van der Waals surface area contributed by atoms with Crippen molar-refractivity contribution in [2.24, 2.45) is 5.73 Å². The normalized spacial score (nSPS) is 9.43. The first-order valence-electron chi connectivity index (χ1n) is 5.21. The lowest BCUT2D eigenvalue weighted by atomic mass is 10.2. The van der Waals surface area contributed by atoms with Crippen LogP contribution in [0.3, 0.4) is 0 Å². The third-order valence-corrected chi connectivity index (χ3v) is 1.95. The summed E-state index contributed by atoms with van der Waals surface area (Å²) in [4.78, 5) is 11.1. The molecule has 0 unspecified atom stereocenters. The second kappa shape index (κ2) is 10.1. The van der Waals surface area contributed by atoms with Crippen LogP contribution in [0.15, 0.2) is 0 Å². The number of terminal acetylenes is 1. The summed E-state index contributed by atoms with van der Waals surface area (Å²) >= 11 is 0. The Labute approximate surface area is 86.4 Å². The lowest BCUT2D eigenvalue weighted by Gasteiger charge is -2.03. The van der Waals surface area contributed by atoms with Crippen molar-refractivity contribution >= 4 is 5.91 Å². The van der Waals surface area contributed by atoms with E-state index in [1.807, 2.05) is 0 Å². The van der Waals surface area contributed by atoms with E-state index in [-0.39, 0.29) is 5.91 Å². The molecule has 3 heteroatoms. The second-order valence-electron chi connectivity index (χ2n) is 3.26. The Morgan fingerprint density at radius 1 is 1.29 bits per heavy atom. The van der Waals surface area contributed by atoms with Crippen molar-refractivity contribution in [3.05, 3.63) is 0 Å². The highest BCUT2D eigenvalue weighted by Crippen LogP contribution is 1.97. The van der Waals surface area contributed by atoms with Crippen molar-refractivity contribution in [1.82, 2.24) is 5.32 Å². The van der Waals surface area contributed by atoms with Crippen LogP contribution in [0.2, 0.25) is 0 Å². The molecule has 14 heavy (non-hydrogen) atoms. The Bertz CT molecular complexity index is 184. The van der Waals surface area contributed by atoms with Gasteiger partial charge >= 0.3 is 0 Å². The molecule has 1 amide bonds. The molecule has 0 aromatic carbocycles. The molecular formula is C11H20N2O. The van der Waals surface area contributed by atoms with Crippen LogP contribution >= 0.6 is 0 Å². The number of rotatable bonds is 8. The first kappa shape index (κ1) is 13.0. The Morgan fingerprint density at radius 2 is 2.00 bits per heavy atom. The van der Waals surface area contributed by atoms with Crippen molar-refractivity contribution in [3.8, 4) is 12.3 Å². The zero-order valence-electron chi connectivity index (χ0n) is 8.72. The van der Waals surface area contributed by atoms with Crippen LogP contribution in [0.1, 0.15) is 38.5 Å². The molecule has 0 aromatic heterocycles. The fourth-order valence-corrected chi connectivity index (χ4v) is 1.12. The van der Waals surface area contributed by atoms with Gasteiger partial charge in [-0.3, -0.25) is 4.79 Å². The van der Waals surface area contributed by atoms with Gasteiger partial charge in [0.25, 0.3) is 0 Å². The highest BCUT2D eigenvalue weighted by atomic mass is 16.1. The first-order chi connectivity index (χ1) is 6.81. The zero-order valence-corrected chi connectivity index (χ0v) is 8.72. The summed E-state index contributed by atoms with van der Waals surface area (Å²) < 4.78 is 0. The average molecular weight is 196 g/mol. The largest absolute Gasteiger partial charge is 0.356 e. The molecule has 0 saturated heterocycles. The third kappa shape index (κ3) is 9.08. The molecule has 0 aromatic rings. The molecule has 0 aliphatic heterocycles. The lowest BCUT2D eigenvalue weighted by molar-refractivity contribution is -0.120. The standard InChI is InChI=1S/C11H20N2O/c1-2-3-8-11(14)13-10-7-5-4-6-9-12/h1H,3-10,12H2,(H,13,14). The van der Waals surface area contributed by atoms with Gasteiger partial charge in [-0.1, -0.05) is 12.8 Å². The van der Waals surface area contributed by atoms with Crippen molar-refractivity contribution < 1.29 is 4.79 Å². The topological polar surface area (TPSA) is 55.1 Å². The molecule has 3 N–H and O–H groups in total. The van der Waals surface area contributed by atoms with Gasteiger partial charge in [0.1, 0.15) is 0 Å². The van der Waals surface area contributed by atoms with Crippen molar-refractivity contribution in [1.29, 1.82) is 0 Å². The molecule has 0 bridgehead atoms. The highest BCUT2D eigenvalue weighted by Gasteiger charge is 1.97. The summed E-state index contributed by atoms with van der Waals surface area (Å²) in [7, 11) is 0. The van der Waals surface area contributed by atoms with Crippen molar-refractivity contribution in [3.63, 3.8) is 0 Å². The van der Waals surface area contributed by atoms with E-state index in [1.54, 1.807) is 0 Å². The predicted molar refractivity (Wildman–Crippen MR) is 58.6 cm³/mol. The smallest absolute Gasteiger partial charge is 0.220 e. The van der Waals surface area contributed by atoms with Crippen LogP contribution in [0.25, 0.3) is 0 Å². The van der Waals surface area contributed by atoms with Crippen LogP contribution in [-0.2, 0) is 4.79 Å². The lowest BCUT2D eigenvalue weighted by Crippen LogP contribution is -2.23. The van der Waals surface area contributed by atoms with Gasteiger partial charge in [-0.05, 0) is 19.4 Å².